The van der Waals surface area contributed by atoms with Crippen molar-refractivity contribution in [2.24, 2.45) is 0 Å². The number of methoxy groups -OCH3 is 1. The lowest BCUT2D eigenvalue weighted by molar-refractivity contribution is -0.148. The average molecular weight is 287 g/mol. The van der Waals surface area contributed by atoms with E-state index in [1.165, 1.54) is 7.11 Å². The third-order valence-corrected chi connectivity index (χ3v) is 5.49. The molecule has 1 saturated carbocycles. The summed E-state index contributed by atoms with van der Waals surface area (Å²) in [4.78, 5) is 11.8. The third-order valence-electron chi connectivity index (χ3n) is 3.30. The van der Waals surface area contributed by atoms with Gasteiger partial charge in [0.15, 0.2) is 4.34 Å². The van der Waals surface area contributed by atoms with Gasteiger partial charge in [-0.1, -0.05) is 23.1 Å². The Labute approximate surface area is 115 Å². The maximum absolute atomic E-state index is 11.8. The van der Waals surface area contributed by atoms with Crippen molar-refractivity contribution < 1.29 is 9.53 Å². The molecule has 0 aromatic carbocycles. The largest absolute Gasteiger partial charge is 0.468 e. The van der Waals surface area contributed by atoms with Crippen LogP contribution in [0.2, 0.25) is 0 Å². The van der Waals surface area contributed by atoms with Gasteiger partial charge in [-0.05, 0) is 33.2 Å². The number of ether oxygens (including phenoxy) is 1. The Morgan fingerprint density at radius 2 is 2.39 bits per heavy atom. The van der Waals surface area contributed by atoms with Crippen LogP contribution < -0.4 is 5.32 Å². The van der Waals surface area contributed by atoms with Crippen LogP contribution in [0, 0.1) is 6.92 Å². The zero-order valence-electron chi connectivity index (χ0n) is 10.7. The molecule has 18 heavy (non-hydrogen) atoms. The van der Waals surface area contributed by atoms with Crippen LogP contribution >= 0.6 is 23.1 Å². The van der Waals surface area contributed by atoms with Crippen molar-refractivity contribution in [3.05, 3.63) is 5.01 Å². The number of nitrogens with zero attached hydrogens (tertiary/aromatic N) is 2. The zero-order chi connectivity index (χ0) is 13.2. The van der Waals surface area contributed by atoms with Gasteiger partial charge in [-0.2, -0.15) is 0 Å². The minimum atomic E-state index is -0.522. The van der Waals surface area contributed by atoms with Crippen molar-refractivity contribution >= 4 is 29.1 Å². The molecule has 0 amide bonds. The van der Waals surface area contributed by atoms with E-state index in [9.17, 15) is 4.79 Å². The summed E-state index contributed by atoms with van der Waals surface area (Å²) in [6.45, 7) is 1.95. The molecule has 7 heteroatoms. The Balaban J connectivity index is 2.01. The van der Waals surface area contributed by atoms with Crippen molar-refractivity contribution in [3.63, 3.8) is 0 Å². The molecule has 0 bridgehead atoms. The van der Waals surface area contributed by atoms with Gasteiger partial charge in [0.1, 0.15) is 10.5 Å². The van der Waals surface area contributed by atoms with Gasteiger partial charge in [0.2, 0.25) is 0 Å². The molecule has 2 rings (SSSR count). The number of hydrogen-bond acceptors (Lipinski definition) is 7. The second kappa shape index (κ2) is 5.54. The van der Waals surface area contributed by atoms with E-state index in [1.807, 2.05) is 14.0 Å². The van der Waals surface area contributed by atoms with Crippen LogP contribution in [-0.2, 0) is 9.53 Å². The van der Waals surface area contributed by atoms with E-state index in [1.54, 1.807) is 23.1 Å². The van der Waals surface area contributed by atoms with Crippen LogP contribution in [0.5, 0.6) is 0 Å². The maximum atomic E-state index is 11.8. The summed E-state index contributed by atoms with van der Waals surface area (Å²) in [6, 6.07) is 0. The van der Waals surface area contributed by atoms with Crippen molar-refractivity contribution in [2.45, 2.75) is 41.3 Å². The first-order valence-corrected chi connectivity index (χ1v) is 7.53. The molecule has 1 N–H and O–H groups in total. The number of hydrogen-bond donors (Lipinski definition) is 1. The van der Waals surface area contributed by atoms with Crippen molar-refractivity contribution in [1.82, 2.24) is 15.5 Å². The van der Waals surface area contributed by atoms with Gasteiger partial charge in [-0.3, -0.25) is 4.79 Å². The van der Waals surface area contributed by atoms with Crippen molar-refractivity contribution in [3.8, 4) is 0 Å². The molecule has 1 fully saturated rings. The highest BCUT2D eigenvalue weighted by Crippen LogP contribution is 2.41. The summed E-state index contributed by atoms with van der Waals surface area (Å²) in [5.41, 5.74) is -0.522. The summed E-state index contributed by atoms with van der Waals surface area (Å²) < 4.78 is 5.88. The van der Waals surface area contributed by atoms with Gasteiger partial charge in [-0.25, -0.2) is 0 Å². The van der Waals surface area contributed by atoms with E-state index < -0.39 is 5.54 Å². The number of thioether (sulfide) groups is 1. The summed E-state index contributed by atoms with van der Waals surface area (Å²) in [5.74, 6) is -0.165. The third kappa shape index (κ3) is 2.67. The van der Waals surface area contributed by atoms with Crippen molar-refractivity contribution in [2.75, 3.05) is 14.2 Å². The number of carbonyl (C=O) groups excluding carboxylic acids is 1. The quantitative estimate of drug-likeness (QED) is 0.849. The highest BCUT2D eigenvalue weighted by atomic mass is 32.2. The Bertz CT molecular complexity index is 438. The fourth-order valence-electron chi connectivity index (χ4n) is 2.28. The maximum Gasteiger partial charge on any atom is 0.326 e. The van der Waals surface area contributed by atoms with Gasteiger partial charge < -0.3 is 10.1 Å². The number of esters is 1. The highest BCUT2D eigenvalue weighted by Gasteiger charge is 2.45. The fourth-order valence-corrected chi connectivity index (χ4v) is 4.63. The molecule has 5 nitrogen and oxygen atoms in total. The van der Waals surface area contributed by atoms with Gasteiger partial charge in [0, 0.05) is 5.25 Å². The van der Waals surface area contributed by atoms with Crippen LogP contribution in [-0.4, -0.2) is 41.1 Å². The molecular formula is C11H17N3O2S2. The summed E-state index contributed by atoms with van der Waals surface area (Å²) >= 11 is 3.32. The standard InChI is InChI=1S/C11H17N3O2S2/c1-7-13-14-10(17-7)18-8-4-5-11(6-8,12-2)9(15)16-3/h8,12H,4-6H2,1-3H3. The first-order chi connectivity index (χ1) is 8.59. The van der Waals surface area contributed by atoms with Crippen LogP contribution in [0.3, 0.4) is 0 Å². The lowest BCUT2D eigenvalue weighted by atomic mass is 9.98. The number of aromatic nitrogens is 2. The zero-order valence-corrected chi connectivity index (χ0v) is 12.4. The number of likely N-dealkylation sites (N-methyl/N-ethyl adjacent to an activating group) is 1. The molecule has 100 valence electrons. The number of aryl methyl sites for hydroxylation is 1. The summed E-state index contributed by atoms with van der Waals surface area (Å²) in [5, 5.41) is 12.6. The van der Waals surface area contributed by atoms with Gasteiger partial charge in [0.25, 0.3) is 0 Å². The minimum absolute atomic E-state index is 0.165. The molecule has 1 aromatic heterocycles. The normalized spacial score (nSPS) is 27.4. The second-order valence-corrected chi connectivity index (χ2v) is 7.12. The first kappa shape index (κ1) is 13.8. The minimum Gasteiger partial charge on any atom is -0.468 e. The van der Waals surface area contributed by atoms with Crippen molar-refractivity contribution in [1.29, 1.82) is 0 Å². The van der Waals surface area contributed by atoms with Crippen LogP contribution in [0.4, 0.5) is 0 Å². The Morgan fingerprint density at radius 1 is 1.61 bits per heavy atom. The Kier molecular flexibility index (Phi) is 4.24. The number of carbonyl (C=O) groups is 1. The molecular weight excluding hydrogens is 270 g/mol. The molecule has 0 radical (unpaired) electrons. The molecule has 0 saturated heterocycles. The van der Waals surface area contributed by atoms with Crippen LogP contribution in [0.15, 0.2) is 4.34 Å². The highest BCUT2D eigenvalue weighted by molar-refractivity contribution is 8.01. The molecule has 1 heterocycles. The van der Waals surface area contributed by atoms with E-state index in [4.69, 9.17) is 4.74 Å². The van der Waals surface area contributed by atoms with E-state index in [0.717, 1.165) is 28.6 Å². The van der Waals surface area contributed by atoms with Gasteiger partial charge in [0.05, 0.1) is 7.11 Å². The summed E-state index contributed by atoms with van der Waals surface area (Å²) in [7, 11) is 3.26. The van der Waals surface area contributed by atoms with E-state index in [2.05, 4.69) is 15.5 Å². The van der Waals surface area contributed by atoms with E-state index >= 15 is 0 Å². The smallest absolute Gasteiger partial charge is 0.326 e. The fraction of sp³-hybridized carbons (Fsp3) is 0.727. The predicted molar refractivity (Wildman–Crippen MR) is 71.9 cm³/mol. The lowest BCUT2D eigenvalue weighted by Crippen LogP contribution is -2.49. The molecule has 0 spiro atoms. The lowest BCUT2D eigenvalue weighted by Gasteiger charge is -2.25. The topological polar surface area (TPSA) is 64.1 Å². The SMILES string of the molecule is CNC1(C(=O)OC)CCC(Sc2nnc(C)s2)C1. The van der Waals surface area contributed by atoms with Crippen LogP contribution in [0.25, 0.3) is 0 Å². The molecule has 1 aliphatic rings. The average Bonchev–Trinajstić information content (AvgIpc) is 2.96. The summed E-state index contributed by atoms with van der Waals surface area (Å²) in [6.07, 6.45) is 2.57. The molecule has 2 atom stereocenters. The molecule has 1 aromatic rings. The Hall–Kier alpha value is -0.660. The van der Waals surface area contributed by atoms with E-state index in [-0.39, 0.29) is 5.97 Å². The molecule has 0 aliphatic heterocycles. The number of rotatable bonds is 4. The van der Waals surface area contributed by atoms with E-state index in [0.29, 0.717) is 5.25 Å². The number of nitrogens with one attached hydrogen (secondary N) is 1. The first-order valence-electron chi connectivity index (χ1n) is 5.84. The Morgan fingerprint density at radius 3 is 2.94 bits per heavy atom. The molecule has 1 aliphatic carbocycles. The van der Waals surface area contributed by atoms with Gasteiger partial charge in [-0.15, -0.1) is 10.2 Å². The second-order valence-electron chi connectivity index (χ2n) is 4.39. The molecule has 2 unspecified atom stereocenters. The monoisotopic (exact) mass is 287 g/mol. The van der Waals surface area contributed by atoms with Gasteiger partial charge >= 0.3 is 5.97 Å². The van der Waals surface area contributed by atoms with Crippen LogP contribution in [0.1, 0.15) is 24.3 Å². The predicted octanol–water partition coefficient (Wildman–Crippen LogP) is 1.62.